The van der Waals surface area contributed by atoms with Gasteiger partial charge >= 0.3 is 11.9 Å². The minimum absolute atomic E-state index is 0.0727. The molecular formula is C34H41ClF3N7O4S2. The van der Waals surface area contributed by atoms with Crippen LogP contribution in [0.15, 0.2) is 65.7 Å². The van der Waals surface area contributed by atoms with Crippen LogP contribution in [0.2, 0.25) is 5.02 Å². The first-order valence-electron chi connectivity index (χ1n) is 15.7. The lowest BCUT2D eigenvalue weighted by Gasteiger charge is -2.24. The Kier molecular flexibility index (Phi) is 11.6. The summed E-state index contributed by atoms with van der Waals surface area (Å²) in [7, 11) is -1.62. The van der Waals surface area contributed by atoms with Gasteiger partial charge in [0.1, 0.15) is 13.5 Å². The van der Waals surface area contributed by atoms with Gasteiger partial charge in [-0.3, -0.25) is 14.3 Å². The Hall–Kier alpha value is -3.83. The van der Waals surface area contributed by atoms with Gasteiger partial charge in [0.25, 0.3) is 5.91 Å². The van der Waals surface area contributed by atoms with E-state index in [-0.39, 0.29) is 35.7 Å². The van der Waals surface area contributed by atoms with E-state index in [9.17, 15) is 22.8 Å². The molecule has 11 nitrogen and oxygen atoms in total. The summed E-state index contributed by atoms with van der Waals surface area (Å²) in [4.78, 5) is 31.0. The summed E-state index contributed by atoms with van der Waals surface area (Å²) in [6.45, 7) is 0.743. The maximum atomic E-state index is 14.5. The average Bonchev–Trinajstić information content (AvgIpc) is 3.62. The second-order valence-corrected chi connectivity index (χ2v) is 23.1. The van der Waals surface area contributed by atoms with Gasteiger partial charge in [0, 0.05) is 34.3 Å². The van der Waals surface area contributed by atoms with E-state index in [0.29, 0.717) is 34.4 Å². The van der Waals surface area contributed by atoms with E-state index >= 15 is 0 Å². The number of ether oxygens (including phenoxy) is 2. The maximum Gasteiger partial charge on any atom is 0.434 e. The van der Waals surface area contributed by atoms with Crippen molar-refractivity contribution in [2.75, 3.05) is 67.6 Å². The first-order chi connectivity index (χ1) is 23.9. The number of hydrogen-bond donors (Lipinski definition) is 1. The number of carbonyl (C=O) groups is 1. The molecule has 0 atom stereocenters. The molecule has 0 aliphatic carbocycles. The van der Waals surface area contributed by atoms with Crippen molar-refractivity contribution >= 4 is 54.2 Å². The molecule has 0 bridgehead atoms. The number of carbonyl (C=O) groups excluding carboxylic acids is 1. The minimum Gasteiger partial charge on any atom is -0.360 e. The van der Waals surface area contributed by atoms with Crippen LogP contribution in [0.3, 0.4) is 0 Å². The second-order valence-electron chi connectivity index (χ2n) is 13.5. The fourth-order valence-electron chi connectivity index (χ4n) is 4.98. The zero-order chi connectivity index (χ0) is 37.1. The highest BCUT2D eigenvalue weighted by atomic mass is 35.5. The molecular weight excluding hydrogens is 727 g/mol. The number of pyridine rings is 1. The van der Waals surface area contributed by atoms with Crippen LogP contribution in [0.5, 0.6) is 0 Å². The molecule has 5 aromatic rings. The Bertz CT molecular complexity index is 2080. The predicted octanol–water partition coefficient (Wildman–Crippen LogP) is 6.71. The Morgan fingerprint density at radius 1 is 0.941 bits per heavy atom. The van der Waals surface area contributed by atoms with Crippen LogP contribution in [0.25, 0.3) is 28.0 Å². The number of anilines is 1. The van der Waals surface area contributed by atoms with Crippen molar-refractivity contribution in [2.45, 2.75) is 19.6 Å². The van der Waals surface area contributed by atoms with Gasteiger partial charge in [-0.2, -0.15) is 23.0 Å². The van der Waals surface area contributed by atoms with Gasteiger partial charge in [0.2, 0.25) is 0 Å². The van der Waals surface area contributed by atoms with Crippen molar-refractivity contribution in [1.82, 2.24) is 29.1 Å². The van der Waals surface area contributed by atoms with E-state index in [1.165, 1.54) is 39.7 Å². The quantitative estimate of drug-likeness (QED) is 0.125. The second kappa shape index (κ2) is 15.4. The van der Waals surface area contributed by atoms with Crippen molar-refractivity contribution in [3.63, 3.8) is 0 Å². The molecule has 0 radical (unpaired) electrons. The lowest BCUT2D eigenvalue weighted by atomic mass is 10.1. The highest BCUT2D eigenvalue weighted by Crippen LogP contribution is 2.37. The third-order valence-electron chi connectivity index (χ3n) is 7.64. The summed E-state index contributed by atoms with van der Waals surface area (Å²) >= 11 is 6.68. The third-order valence-corrected chi connectivity index (χ3v) is 10.7. The van der Waals surface area contributed by atoms with Gasteiger partial charge in [-0.05, 0) is 80.0 Å². The number of alkyl halides is 3. The smallest absolute Gasteiger partial charge is 0.360 e. The lowest BCUT2D eigenvalue weighted by molar-refractivity contribution is -0.143. The molecule has 3 aromatic heterocycles. The number of aromatic nitrogens is 6. The van der Waals surface area contributed by atoms with E-state index in [2.05, 4.69) is 58.0 Å². The Labute approximate surface area is 301 Å². The summed E-state index contributed by atoms with van der Waals surface area (Å²) in [5.41, 5.74) is -1.32. The van der Waals surface area contributed by atoms with Crippen molar-refractivity contribution in [2.24, 2.45) is 0 Å². The molecule has 51 heavy (non-hydrogen) atoms. The first kappa shape index (κ1) is 38.4. The number of nitrogens with one attached hydrogen (secondary N) is 1. The lowest BCUT2D eigenvalue weighted by Crippen LogP contribution is -2.27. The minimum atomic E-state index is -4.93. The SMILES string of the molecule is CS(C)(C)CCOCn1nc(-c2ccc(NC(=O)c3cnn(-c4cccc5ncccc45)c3C(F)(F)F)cc2Cl)n(COCCS(C)(C)C)c1=O. The molecule has 5 rings (SSSR count). The number of nitrogens with zero attached hydrogens (tertiary/aromatic N) is 6. The summed E-state index contributed by atoms with van der Waals surface area (Å²) in [6, 6.07) is 12.3. The van der Waals surface area contributed by atoms with Crippen molar-refractivity contribution in [3.05, 3.63) is 87.7 Å². The third kappa shape index (κ3) is 9.54. The molecule has 276 valence electrons. The predicted molar refractivity (Wildman–Crippen MR) is 201 cm³/mol. The molecule has 17 heteroatoms. The molecule has 0 saturated carbocycles. The normalized spacial score (nSPS) is 13.1. The number of amides is 1. The van der Waals surface area contributed by atoms with E-state index in [1.54, 1.807) is 24.3 Å². The van der Waals surface area contributed by atoms with Gasteiger partial charge in [0.05, 0.1) is 41.2 Å². The molecule has 0 saturated heterocycles. The average molecular weight is 768 g/mol. The number of hydrogen-bond acceptors (Lipinski definition) is 7. The van der Waals surface area contributed by atoms with Gasteiger partial charge in [-0.1, -0.05) is 17.7 Å². The Morgan fingerprint density at radius 3 is 2.27 bits per heavy atom. The molecule has 3 heterocycles. The highest BCUT2D eigenvalue weighted by Gasteiger charge is 2.41. The van der Waals surface area contributed by atoms with Crippen LogP contribution < -0.4 is 11.0 Å². The fourth-order valence-corrected chi connectivity index (χ4v) is 6.48. The summed E-state index contributed by atoms with van der Waals surface area (Å²) in [5, 5.41) is 11.5. The molecule has 1 amide bonds. The summed E-state index contributed by atoms with van der Waals surface area (Å²) in [5.74, 6) is 0.868. The molecule has 0 fully saturated rings. The van der Waals surface area contributed by atoms with Crippen LogP contribution in [0.1, 0.15) is 16.1 Å². The van der Waals surface area contributed by atoms with Gasteiger partial charge in [-0.15, -0.1) is 5.10 Å². The maximum absolute atomic E-state index is 14.5. The summed E-state index contributed by atoms with van der Waals surface area (Å²) < 4.78 is 58.4. The van der Waals surface area contributed by atoms with Gasteiger partial charge in [0.15, 0.2) is 11.5 Å². The van der Waals surface area contributed by atoms with Crippen LogP contribution in [0, 0.1) is 0 Å². The topological polar surface area (TPSA) is 118 Å². The Morgan fingerprint density at radius 2 is 1.63 bits per heavy atom. The first-order valence-corrected chi connectivity index (χ1v) is 22.1. The molecule has 0 spiro atoms. The van der Waals surface area contributed by atoms with Crippen molar-refractivity contribution in [1.29, 1.82) is 0 Å². The Balaban J connectivity index is 1.42. The van der Waals surface area contributed by atoms with Gasteiger partial charge < -0.3 is 14.8 Å². The standard InChI is InChI=1S/C34H41ClF3N7O4S2/c1-50(2,3)17-15-48-21-43-31(42-44(33(43)47)22-49-16-18-51(4,5)6)24-13-12-23(19-27(24)35)41-32(46)26-20-40-45(30(26)34(36,37)38)29-11-7-10-28-25(29)9-8-14-39-28/h7-14,19-20H,15-18,21-22H2,1-6H3,(H,41,46). The van der Waals surface area contributed by atoms with Crippen LogP contribution in [-0.4, -0.2) is 97.3 Å². The van der Waals surface area contributed by atoms with Crippen molar-refractivity contribution in [3.8, 4) is 17.1 Å². The molecule has 0 aliphatic heterocycles. The molecule has 1 N–H and O–H groups in total. The van der Waals surface area contributed by atoms with Crippen molar-refractivity contribution < 1.29 is 27.4 Å². The van der Waals surface area contributed by atoms with E-state index in [1.807, 2.05) is 0 Å². The molecule has 0 unspecified atom stereocenters. The van der Waals surface area contributed by atoms with Crippen LogP contribution in [0.4, 0.5) is 18.9 Å². The van der Waals surface area contributed by atoms with Gasteiger partial charge in [-0.25, -0.2) is 29.5 Å². The number of rotatable bonds is 14. The number of benzene rings is 2. The van der Waals surface area contributed by atoms with Crippen LogP contribution in [-0.2, 0) is 29.1 Å². The van der Waals surface area contributed by atoms with E-state index < -0.39 is 49.1 Å². The zero-order valence-electron chi connectivity index (χ0n) is 29.2. The molecule has 0 aliphatic rings. The highest BCUT2D eigenvalue weighted by molar-refractivity contribution is 8.32. The van der Waals surface area contributed by atoms with Crippen LogP contribution >= 0.6 is 31.7 Å². The summed E-state index contributed by atoms with van der Waals surface area (Å²) in [6.07, 6.45) is 10.5. The number of fused-ring (bicyclic) bond motifs is 1. The number of halogens is 4. The fraction of sp³-hybridized carbons (Fsp3) is 0.382. The largest absolute Gasteiger partial charge is 0.434 e. The zero-order valence-corrected chi connectivity index (χ0v) is 31.5. The van der Waals surface area contributed by atoms with E-state index in [4.69, 9.17) is 21.1 Å². The molecule has 2 aromatic carbocycles. The monoisotopic (exact) mass is 767 g/mol. The van der Waals surface area contributed by atoms with E-state index in [0.717, 1.165) is 17.7 Å².